The van der Waals surface area contributed by atoms with E-state index in [4.69, 9.17) is 5.73 Å². The highest BCUT2D eigenvalue weighted by Crippen LogP contribution is 2.33. The zero-order chi connectivity index (χ0) is 13.9. The Morgan fingerprint density at radius 1 is 1.42 bits per heavy atom. The molecule has 0 aliphatic heterocycles. The summed E-state index contributed by atoms with van der Waals surface area (Å²) in [6, 6.07) is 3.35. The molecule has 5 nitrogen and oxygen atoms in total. The summed E-state index contributed by atoms with van der Waals surface area (Å²) in [7, 11) is 4.17. The van der Waals surface area contributed by atoms with E-state index < -0.39 is 0 Å². The fourth-order valence-electron chi connectivity index (χ4n) is 2.70. The molecule has 0 saturated heterocycles. The van der Waals surface area contributed by atoms with Gasteiger partial charge in [0.15, 0.2) is 0 Å². The van der Waals surface area contributed by atoms with Crippen molar-refractivity contribution in [3.05, 3.63) is 23.9 Å². The Balaban J connectivity index is 1.97. The first-order valence-corrected chi connectivity index (χ1v) is 6.71. The number of amides is 1. The van der Waals surface area contributed by atoms with Gasteiger partial charge in [0.05, 0.1) is 5.56 Å². The number of nitrogens with zero attached hydrogens (tertiary/aromatic N) is 2. The maximum atomic E-state index is 12.1. The van der Waals surface area contributed by atoms with Crippen molar-refractivity contribution in [2.75, 3.05) is 26.4 Å². The van der Waals surface area contributed by atoms with Crippen LogP contribution in [0.15, 0.2) is 18.3 Å². The topological polar surface area (TPSA) is 71.2 Å². The van der Waals surface area contributed by atoms with Crippen LogP contribution in [0.25, 0.3) is 0 Å². The van der Waals surface area contributed by atoms with E-state index in [0.717, 1.165) is 12.8 Å². The molecule has 1 aromatic rings. The zero-order valence-corrected chi connectivity index (χ0v) is 11.6. The molecule has 0 radical (unpaired) electrons. The molecule has 1 aliphatic rings. The highest BCUT2D eigenvalue weighted by Gasteiger charge is 2.36. The van der Waals surface area contributed by atoms with Crippen LogP contribution in [0.5, 0.6) is 0 Å². The van der Waals surface area contributed by atoms with Crippen molar-refractivity contribution in [3.63, 3.8) is 0 Å². The molecule has 1 heterocycles. The quantitative estimate of drug-likeness (QED) is 0.857. The van der Waals surface area contributed by atoms with E-state index in [1.54, 1.807) is 12.1 Å². The molecular formula is C14H22N4O. The molecule has 1 saturated carbocycles. The zero-order valence-electron chi connectivity index (χ0n) is 11.6. The molecule has 0 bridgehead atoms. The van der Waals surface area contributed by atoms with E-state index in [0.29, 0.717) is 17.9 Å². The number of anilines is 1. The summed E-state index contributed by atoms with van der Waals surface area (Å²) in [5.41, 5.74) is 6.18. The van der Waals surface area contributed by atoms with Crippen molar-refractivity contribution < 1.29 is 4.79 Å². The van der Waals surface area contributed by atoms with Crippen LogP contribution in [0, 0.1) is 0 Å². The number of hydrogen-bond acceptors (Lipinski definition) is 4. The molecule has 1 aliphatic carbocycles. The molecule has 0 aromatic carbocycles. The van der Waals surface area contributed by atoms with E-state index >= 15 is 0 Å². The Kier molecular flexibility index (Phi) is 4.04. The number of carbonyl (C=O) groups is 1. The van der Waals surface area contributed by atoms with E-state index in [9.17, 15) is 4.79 Å². The molecular weight excluding hydrogens is 240 g/mol. The summed E-state index contributed by atoms with van der Waals surface area (Å²) in [6.07, 6.45) is 6.26. The standard InChI is InChI=1S/C14H22N4O/c1-18(2)14(7-3-4-8-14)10-17-13(19)11-5-6-12(15)16-9-11/h5-6,9H,3-4,7-8,10H2,1-2H3,(H2,15,16)(H,17,19). The fourth-order valence-corrected chi connectivity index (χ4v) is 2.70. The molecule has 0 spiro atoms. The third-order valence-electron chi connectivity index (χ3n) is 4.11. The second-order valence-corrected chi connectivity index (χ2v) is 5.48. The average Bonchev–Trinajstić information content (AvgIpc) is 2.87. The van der Waals surface area contributed by atoms with E-state index in [2.05, 4.69) is 29.3 Å². The minimum atomic E-state index is -0.0828. The number of nitrogens with one attached hydrogen (secondary N) is 1. The number of rotatable bonds is 4. The van der Waals surface area contributed by atoms with Crippen LogP contribution in [0.2, 0.25) is 0 Å². The smallest absolute Gasteiger partial charge is 0.252 e. The lowest BCUT2D eigenvalue weighted by atomic mass is 9.96. The van der Waals surface area contributed by atoms with Crippen LogP contribution >= 0.6 is 0 Å². The number of nitrogens with two attached hydrogens (primary N) is 1. The molecule has 1 fully saturated rings. The Bertz CT molecular complexity index is 435. The lowest BCUT2D eigenvalue weighted by Gasteiger charge is -2.36. The number of nitrogen functional groups attached to an aromatic ring is 1. The Morgan fingerprint density at radius 2 is 2.11 bits per heavy atom. The Labute approximate surface area is 114 Å². The van der Waals surface area contributed by atoms with Gasteiger partial charge in [-0.25, -0.2) is 4.98 Å². The Morgan fingerprint density at radius 3 is 2.63 bits per heavy atom. The van der Waals surface area contributed by atoms with Gasteiger partial charge < -0.3 is 16.0 Å². The fraction of sp³-hybridized carbons (Fsp3) is 0.571. The first-order valence-electron chi connectivity index (χ1n) is 6.71. The minimum Gasteiger partial charge on any atom is -0.384 e. The van der Waals surface area contributed by atoms with Crippen molar-refractivity contribution in [1.82, 2.24) is 15.2 Å². The Hall–Kier alpha value is -1.62. The molecule has 1 amide bonds. The van der Waals surface area contributed by atoms with Crippen LogP contribution in [-0.4, -0.2) is 42.0 Å². The second-order valence-electron chi connectivity index (χ2n) is 5.48. The highest BCUT2D eigenvalue weighted by atomic mass is 16.1. The van der Waals surface area contributed by atoms with Crippen LogP contribution in [-0.2, 0) is 0 Å². The van der Waals surface area contributed by atoms with Crippen LogP contribution < -0.4 is 11.1 Å². The van der Waals surface area contributed by atoms with Crippen LogP contribution in [0.4, 0.5) is 5.82 Å². The molecule has 0 atom stereocenters. The van der Waals surface area contributed by atoms with E-state index in [1.165, 1.54) is 19.0 Å². The van der Waals surface area contributed by atoms with Crippen molar-refractivity contribution in [2.24, 2.45) is 0 Å². The maximum absolute atomic E-state index is 12.1. The maximum Gasteiger partial charge on any atom is 0.252 e. The van der Waals surface area contributed by atoms with Crippen LogP contribution in [0.1, 0.15) is 36.0 Å². The lowest BCUT2D eigenvalue weighted by molar-refractivity contribution is 0.0899. The summed E-state index contributed by atoms with van der Waals surface area (Å²) < 4.78 is 0. The predicted octanol–water partition coefficient (Wildman–Crippen LogP) is 1.27. The summed E-state index contributed by atoms with van der Waals surface area (Å²) >= 11 is 0. The van der Waals surface area contributed by atoms with Crippen molar-refractivity contribution in [2.45, 2.75) is 31.2 Å². The summed E-state index contributed by atoms with van der Waals surface area (Å²) in [5, 5.41) is 3.02. The van der Waals surface area contributed by atoms with Crippen LogP contribution in [0.3, 0.4) is 0 Å². The number of hydrogen-bond donors (Lipinski definition) is 2. The molecule has 104 valence electrons. The molecule has 19 heavy (non-hydrogen) atoms. The first-order chi connectivity index (χ1) is 9.03. The first kappa shape index (κ1) is 13.8. The minimum absolute atomic E-state index is 0.0828. The number of likely N-dealkylation sites (N-methyl/N-ethyl adjacent to an activating group) is 1. The normalized spacial score (nSPS) is 17.6. The molecule has 2 rings (SSSR count). The van der Waals surface area contributed by atoms with Gasteiger partial charge in [0.1, 0.15) is 5.82 Å². The van der Waals surface area contributed by atoms with Gasteiger partial charge >= 0.3 is 0 Å². The van der Waals surface area contributed by atoms with Gasteiger partial charge in [0.25, 0.3) is 5.91 Å². The number of aromatic nitrogens is 1. The molecule has 0 unspecified atom stereocenters. The second kappa shape index (κ2) is 5.57. The number of pyridine rings is 1. The molecule has 3 N–H and O–H groups in total. The summed E-state index contributed by atoms with van der Waals surface area (Å²) in [5.74, 6) is 0.345. The van der Waals surface area contributed by atoms with Gasteiger partial charge in [0, 0.05) is 18.3 Å². The van der Waals surface area contributed by atoms with Gasteiger partial charge in [-0.2, -0.15) is 0 Å². The molecule has 1 aromatic heterocycles. The SMILES string of the molecule is CN(C)C1(CNC(=O)c2ccc(N)nc2)CCCC1. The van der Waals surface area contributed by atoms with Gasteiger partial charge in [-0.3, -0.25) is 4.79 Å². The van der Waals surface area contributed by atoms with Gasteiger partial charge in [-0.05, 0) is 39.1 Å². The average molecular weight is 262 g/mol. The summed E-state index contributed by atoms with van der Waals surface area (Å²) in [6.45, 7) is 0.684. The highest BCUT2D eigenvalue weighted by molar-refractivity contribution is 5.94. The van der Waals surface area contributed by atoms with Gasteiger partial charge in [-0.1, -0.05) is 12.8 Å². The number of carbonyl (C=O) groups excluding carboxylic acids is 1. The third-order valence-corrected chi connectivity index (χ3v) is 4.11. The summed E-state index contributed by atoms with van der Waals surface area (Å²) in [4.78, 5) is 18.2. The lowest BCUT2D eigenvalue weighted by Crippen LogP contribution is -2.50. The largest absolute Gasteiger partial charge is 0.384 e. The molecule has 5 heteroatoms. The van der Waals surface area contributed by atoms with E-state index in [1.807, 2.05) is 0 Å². The monoisotopic (exact) mass is 262 g/mol. The van der Waals surface area contributed by atoms with Crippen molar-refractivity contribution >= 4 is 11.7 Å². The van der Waals surface area contributed by atoms with Gasteiger partial charge in [0.2, 0.25) is 0 Å². The van der Waals surface area contributed by atoms with Crippen molar-refractivity contribution in [1.29, 1.82) is 0 Å². The van der Waals surface area contributed by atoms with Gasteiger partial charge in [-0.15, -0.1) is 0 Å². The third kappa shape index (κ3) is 3.04. The van der Waals surface area contributed by atoms with E-state index in [-0.39, 0.29) is 11.4 Å². The predicted molar refractivity (Wildman–Crippen MR) is 75.9 cm³/mol. The van der Waals surface area contributed by atoms with Crippen molar-refractivity contribution in [3.8, 4) is 0 Å².